The summed E-state index contributed by atoms with van der Waals surface area (Å²) in [6, 6.07) is 6.30. The number of sulfonamides is 1. The minimum atomic E-state index is -3.08. The van der Waals surface area contributed by atoms with Gasteiger partial charge in [0, 0.05) is 22.1 Å². The third kappa shape index (κ3) is 6.93. The molecule has 1 aliphatic carbocycles. The predicted molar refractivity (Wildman–Crippen MR) is 130 cm³/mol. The molecule has 1 aromatic rings. The summed E-state index contributed by atoms with van der Waals surface area (Å²) >= 11 is 9.83. The van der Waals surface area contributed by atoms with Crippen molar-refractivity contribution < 1.29 is 8.42 Å². The number of nitrogens with zero attached hydrogens (tertiary/aromatic N) is 2. The van der Waals surface area contributed by atoms with Crippen molar-refractivity contribution in [1.29, 1.82) is 0 Å². The summed E-state index contributed by atoms with van der Waals surface area (Å²) in [6.45, 7) is 6.11. The highest BCUT2D eigenvalue weighted by atomic mass is 79.9. The van der Waals surface area contributed by atoms with Crippen molar-refractivity contribution >= 4 is 37.6 Å². The standard InChI is InChI=1S/C23H36BrClN2O2S/c1-3-27(30(2,28)29)22-7-4-18(5-8-22)10-13-26-14-11-19(12-15-26)16-20-17-21(25)6-9-23(20)24/h6,9,17-19,22H,3-5,7-8,10-16H2,1-2H3/t18-,22-. The molecule has 2 fully saturated rings. The van der Waals surface area contributed by atoms with E-state index in [-0.39, 0.29) is 6.04 Å². The van der Waals surface area contributed by atoms with Gasteiger partial charge in [-0.1, -0.05) is 34.5 Å². The fourth-order valence-corrected chi connectivity index (χ4v) is 7.10. The highest BCUT2D eigenvalue weighted by Crippen LogP contribution is 2.32. The van der Waals surface area contributed by atoms with Crippen LogP contribution < -0.4 is 0 Å². The minimum Gasteiger partial charge on any atom is -0.303 e. The van der Waals surface area contributed by atoms with E-state index in [1.807, 2.05) is 13.0 Å². The number of piperidine rings is 1. The molecular weight excluding hydrogens is 484 g/mol. The number of hydrogen-bond acceptors (Lipinski definition) is 3. The van der Waals surface area contributed by atoms with E-state index in [0.717, 1.165) is 49.0 Å². The second-order valence-corrected chi connectivity index (χ2v) is 12.4. The molecule has 1 aliphatic heterocycles. The Bertz CT molecular complexity index is 788. The van der Waals surface area contributed by atoms with Gasteiger partial charge in [-0.15, -0.1) is 0 Å². The van der Waals surface area contributed by atoms with E-state index >= 15 is 0 Å². The van der Waals surface area contributed by atoms with Crippen molar-refractivity contribution in [2.45, 2.75) is 64.3 Å². The second kappa shape index (κ2) is 11.1. The van der Waals surface area contributed by atoms with E-state index in [1.54, 1.807) is 4.31 Å². The fourth-order valence-electron chi connectivity index (χ4n) is 5.28. The molecular formula is C23H36BrClN2O2S. The van der Waals surface area contributed by atoms with Crippen molar-refractivity contribution in [3.63, 3.8) is 0 Å². The summed E-state index contributed by atoms with van der Waals surface area (Å²) in [5.74, 6) is 1.49. The average Bonchev–Trinajstić information content (AvgIpc) is 2.71. The van der Waals surface area contributed by atoms with Crippen LogP contribution in [0.3, 0.4) is 0 Å². The highest BCUT2D eigenvalue weighted by molar-refractivity contribution is 9.10. The van der Waals surface area contributed by atoms with Gasteiger partial charge in [0.2, 0.25) is 10.0 Å². The Morgan fingerprint density at radius 1 is 1.10 bits per heavy atom. The molecule has 0 aromatic heterocycles. The molecule has 1 saturated heterocycles. The Hall–Kier alpha value is -0.140. The van der Waals surface area contributed by atoms with Gasteiger partial charge in [0.1, 0.15) is 0 Å². The molecule has 0 amide bonds. The van der Waals surface area contributed by atoms with E-state index in [0.29, 0.717) is 6.54 Å². The third-order valence-corrected chi connectivity index (χ3v) is 9.46. The van der Waals surface area contributed by atoms with Crippen LogP contribution in [0.25, 0.3) is 0 Å². The highest BCUT2D eigenvalue weighted by Gasteiger charge is 2.30. The first-order valence-corrected chi connectivity index (χ1v) is 14.4. The summed E-state index contributed by atoms with van der Waals surface area (Å²) in [5, 5.41) is 0.818. The number of halogens is 2. The van der Waals surface area contributed by atoms with E-state index in [2.05, 4.69) is 33.0 Å². The van der Waals surface area contributed by atoms with Crippen molar-refractivity contribution in [2.75, 3.05) is 32.4 Å². The van der Waals surface area contributed by atoms with Gasteiger partial charge >= 0.3 is 0 Å². The zero-order chi connectivity index (χ0) is 21.7. The lowest BCUT2D eigenvalue weighted by Gasteiger charge is -2.36. The third-order valence-electron chi connectivity index (χ3n) is 7.04. The van der Waals surface area contributed by atoms with Gasteiger partial charge in [-0.05, 0) is 107 Å². The number of likely N-dealkylation sites (tertiary alicyclic amines) is 1. The smallest absolute Gasteiger partial charge is 0.211 e. The SMILES string of the molecule is CCN([C@H]1CC[C@H](CCN2CCC(Cc3cc(Cl)ccc3Br)CC2)CC1)S(C)(=O)=O. The van der Waals surface area contributed by atoms with Crippen molar-refractivity contribution in [2.24, 2.45) is 11.8 Å². The maximum Gasteiger partial charge on any atom is 0.211 e. The molecule has 0 N–H and O–H groups in total. The molecule has 0 unspecified atom stereocenters. The van der Waals surface area contributed by atoms with Crippen LogP contribution in [0.15, 0.2) is 22.7 Å². The molecule has 3 rings (SSSR count). The molecule has 30 heavy (non-hydrogen) atoms. The Kier molecular flexibility index (Phi) is 9.09. The first kappa shape index (κ1) is 24.5. The molecule has 0 radical (unpaired) electrons. The van der Waals surface area contributed by atoms with E-state index in [1.165, 1.54) is 55.2 Å². The summed E-state index contributed by atoms with van der Waals surface area (Å²) in [5.41, 5.74) is 1.33. The molecule has 170 valence electrons. The molecule has 4 nitrogen and oxygen atoms in total. The van der Waals surface area contributed by atoms with Gasteiger partial charge in [0.05, 0.1) is 6.26 Å². The Balaban J connectivity index is 1.37. The van der Waals surface area contributed by atoms with Crippen LogP contribution in [0.2, 0.25) is 5.02 Å². The lowest BCUT2D eigenvalue weighted by molar-refractivity contribution is 0.156. The number of rotatable bonds is 8. The summed E-state index contributed by atoms with van der Waals surface area (Å²) in [6.07, 6.45) is 10.6. The molecule has 1 aromatic carbocycles. The summed E-state index contributed by atoms with van der Waals surface area (Å²) in [4.78, 5) is 2.63. The first-order valence-electron chi connectivity index (χ1n) is 11.4. The van der Waals surface area contributed by atoms with Gasteiger partial charge in [-0.25, -0.2) is 8.42 Å². The van der Waals surface area contributed by atoms with Crippen molar-refractivity contribution in [3.05, 3.63) is 33.3 Å². The van der Waals surface area contributed by atoms with E-state index in [9.17, 15) is 8.42 Å². The zero-order valence-electron chi connectivity index (χ0n) is 18.3. The quantitative estimate of drug-likeness (QED) is 0.450. The van der Waals surface area contributed by atoms with Crippen LogP contribution in [0.4, 0.5) is 0 Å². The molecule has 0 bridgehead atoms. The Morgan fingerprint density at radius 2 is 1.77 bits per heavy atom. The zero-order valence-corrected chi connectivity index (χ0v) is 21.5. The van der Waals surface area contributed by atoms with E-state index in [4.69, 9.17) is 11.6 Å². The van der Waals surface area contributed by atoms with Gasteiger partial charge in [0.25, 0.3) is 0 Å². The maximum atomic E-state index is 12.0. The first-order chi connectivity index (χ1) is 14.3. The van der Waals surface area contributed by atoms with Crippen LogP contribution in [-0.4, -0.2) is 56.1 Å². The monoisotopic (exact) mass is 518 g/mol. The van der Waals surface area contributed by atoms with Gasteiger partial charge in [-0.2, -0.15) is 4.31 Å². The minimum absolute atomic E-state index is 0.211. The Labute approximate surface area is 196 Å². The second-order valence-electron chi connectivity index (χ2n) is 9.15. The van der Waals surface area contributed by atoms with Crippen LogP contribution >= 0.6 is 27.5 Å². The molecule has 2 aliphatic rings. The lowest BCUT2D eigenvalue weighted by Crippen LogP contribution is -2.42. The molecule has 0 atom stereocenters. The summed E-state index contributed by atoms with van der Waals surface area (Å²) < 4.78 is 26.8. The molecule has 7 heteroatoms. The van der Waals surface area contributed by atoms with Crippen molar-refractivity contribution in [3.8, 4) is 0 Å². The van der Waals surface area contributed by atoms with Gasteiger partial charge < -0.3 is 4.90 Å². The normalized spacial score (nSPS) is 24.4. The molecule has 1 saturated carbocycles. The van der Waals surface area contributed by atoms with Crippen LogP contribution in [0.5, 0.6) is 0 Å². The number of benzene rings is 1. The van der Waals surface area contributed by atoms with E-state index < -0.39 is 10.0 Å². The fraction of sp³-hybridized carbons (Fsp3) is 0.739. The maximum absolute atomic E-state index is 12.0. The van der Waals surface area contributed by atoms with Crippen LogP contribution in [0.1, 0.15) is 57.4 Å². The van der Waals surface area contributed by atoms with Crippen LogP contribution in [0, 0.1) is 11.8 Å². The predicted octanol–water partition coefficient (Wildman–Crippen LogP) is 5.59. The lowest BCUT2D eigenvalue weighted by atomic mass is 9.83. The Morgan fingerprint density at radius 3 is 2.37 bits per heavy atom. The van der Waals surface area contributed by atoms with Crippen molar-refractivity contribution in [1.82, 2.24) is 9.21 Å². The molecule has 0 spiro atoms. The summed E-state index contributed by atoms with van der Waals surface area (Å²) in [7, 11) is -3.08. The largest absolute Gasteiger partial charge is 0.303 e. The number of hydrogen-bond donors (Lipinski definition) is 0. The topological polar surface area (TPSA) is 40.6 Å². The van der Waals surface area contributed by atoms with Gasteiger partial charge in [-0.3, -0.25) is 0 Å². The van der Waals surface area contributed by atoms with Gasteiger partial charge in [0.15, 0.2) is 0 Å². The average molecular weight is 520 g/mol. The molecule has 1 heterocycles. The van der Waals surface area contributed by atoms with Crippen LogP contribution in [-0.2, 0) is 16.4 Å².